The van der Waals surface area contributed by atoms with Crippen molar-refractivity contribution in [3.63, 3.8) is 0 Å². The van der Waals surface area contributed by atoms with Crippen LogP contribution in [0.1, 0.15) is 24.8 Å². The van der Waals surface area contributed by atoms with Crippen LogP contribution in [0.3, 0.4) is 0 Å². The van der Waals surface area contributed by atoms with Crippen molar-refractivity contribution >= 4 is 45.7 Å². The quantitative estimate of drug-likeness (QED) is 0.488. The zero-order chi connectivity index (χ0) is 23.0. The second-order valence-electron chi connectivity index (χ2n) is 7.74. The normalized spacial score (nSPS) is 14.7. The van der Waals surface area contributed by atoms with Gasteiger partial charge < -0.3 is 15.1 Å². The minimum atomic E-state index is -0.0932. The molecule has 0 radical (unpaired) electrons. The van der Waals surface area contributed by atoms with E-state index >= 15 is 0 Å². The Balaban J connectivity index is 1.26. The first kappa shape index (κ1) is 23.3. The molecular formula is C24H27N5O2S2. The summed E-state index contributed by atoms with van der Waals surface area (Å²) in [6, 6.07) is 19.4. The van der Waals surface area contributed by atoms with Crippen molar-refractivity contribution in [2.24, 2.45) is 0 Å². The molecule has 0 bridgehead atoms. The zero-order valence-corrected chi connectivity index (χ0v) is 20.1. The molecule has 0 saturated carbocycles. The van der Waals surface area contributed by atoms with Gasteiger partial charge >= 0.3 is 0 Å². The molecule has 4 rings (SSSR count). The Kier molecular flexibility index (Phi) is 7.96. The molecule has 0 aliphatic carbocycles. The van der Waals surface area contributed by atoms with E-state index in [0.29, 0.717) is 13.1 Å². The van der Waals surface area contributed by atoms with Gasteiger partial charge in [0.2, 0.25) is 16.9 Å². The van der Waals surface area contributed by atoms with Gasteiger partial charge in [0.15, 0.2) is 4.34 Å². The molecule has 1 unspecified atom stereocenters. The van der Waals surface area contributed by atoms with Gasteiger partial charge in [-0.1, -0.05) is 78.6 Å². The standard InChI is InChI=1S/C24H27N5O2S2/c1-2-20(18-9-5-3-6-10-18)22(31)28-13-15-29(16-14-28)23-26-27-24(33-23)32-17-21(30)25-19-11-7-4-8-12-19/h3-12,20H,2,13-17H2,1H3,(H,25,30). The van der Waals surface area contributed by atoms with Crippen molar-refractivity contribution in [1.82, 2.24) is 15.1 Å². The molecule has 1 aliphatic rings. The number of amides is 2. The minimum absolute atomic E-state index is 0.0704. The molecule has 2 heterocycles. The molecule has 1 fully saturated rings. The SMILES string of the molecule is CCC(C(=O)N1CCN(c2nnc(SCC(=O)Nc3ccccc3)s2)CC1)c1ccccc1. The monoisotopic (exact) mass is 481 g/mol. The van der Waals surface area contributed by atoms with Crippen LogP contribution < -0.4 is 10.2 Å². The van der Waals surface area contributed by atoms with Crippen LogP contribution in [0.2, 0.25) is 0 Å². The Morgan fingerprint density at radius 3 is 2.33 bits per heavy atom. The summed E-state index contributed by atoms with van der Waals surface area (Å²) in [4.78, 5) is 29.4. The Morgan fingerprint density at radius 2 is 1.67 bits per heavy atom. The van der Waals surface area contributed by atoms with Crippen LogP contribution in [0.25, 0.3) is 0 Å². The highest BCUT2D eigenvalue weighted by Crippen LogP contribution is 2.29. The molecular weight excluding hydrogens is 454 g/mol. The summed E-state index contributed by atoms with van der Waals surface area (Å²) in [5.74, 6) is 0.313. The number of aromatic nitrogens is 2. The van der Waals surface area contributed by atoms with E-state index in [0.717, 1.165) is 40.2 Å². The van der Waals surface area contributed by atoms with E-state index in [1.54, 1.807) is 0 Å². The lowest BCUT2D eigenvalue weighted by Crippen LogP contribution is -2.50. The number of carbonyl (C=O) groups is 2. The highest BCUT2D eigenvalue weighted by atomic mass is 32.2. The first-order chi connectivity index (χ1) is 16.1. The van der Waals surface area contributed by atoms with Gasteiger partial charge in [0.25, 0.3) is 0 Å². The number of para-hydroxylation sites is 1. The Labute approximate surface area is 202 Å². The van der Waals surface area contributed by atoms with Gasteiger partial charge in [-0.15, -0.1) is 10.2 Å². The van der Waals surface area contributed by atoms with E-state index < -0.39 is 0 Å². The number of carbonyl (C=O) groups excluding carboxylic acids is 2. The Bertz CT molecular complexity index is 1050. The Hall–Kier alpha value is -2.91. The zero-order valence-electron chi connectivity index (χ0n) is 18.5. The second-order valence-corrected chi connectivity index (χ2v) is 9.92. The fraction of sp³-hybridized carbons (Fsp3) is 0.333. The van der Waals surface area contributed by atoms with Crippen molar-refractivity contribution in [2.45, 2.75) is 23.6 Å². The van der Waals surface area contributed by atoms with E-state index in [1.807, 2.05) is 65.6 Å². The number of rotatable bonds is 8. The third-order valence-electron chi connectivity index (χ3n) is 5.55. The van der Waals surface area contributed by atoms with E-state index in [2.05, 4.69) is 27.3 Å². The molecule has 1 saturated heterocycles. The van der Waals surface area contributed by atoms with Gasteiger partial charge in [-0.2, -0.15) is 0 Å². The van der Waals surface area contributed by atoms with Crippen molar-refractivity contribution in [1.29, 1.82) is 0 Å². The average Bonchev–Trinajstić information content (AvgIpc) is 3.34. The number of nitrogens with zero attached hydrogens (tertiary/aromatic N) is 4. The third kappa shape index (κ3) is 6.11. The van der Waals surface area contributed by atoms with Gasteiger partial charge in [-0.05, 0) is 24.1 Å². The maximum atomic E-state index is 13.1. The van der Waals surface area contributed by atoms with Crippen LogP contribution in [0.5, 0.6) is 0 Å². The summed E-state index contributed by atoms with van der Waals surface area (Å²) in [6.07, 6.45) is 0.790. The van der Waals surface area contributed by atoms with Gasteiger partial charge in [0.05, 0.1) is 11.7 Å². The topological polar surface area (TPSA) is 78.4 Å². The molecule has 33 heavy (non-hydrogen) atoms. The van der Waals surface area contributed by atoms with Crippen molar-refractivity contribution in [3.05, 3.63) is 66.2 Å². The second kappa shape index (κ2) is 11.3. The maximum absolute atomic E-state index is 13.1. The summed E-state index contributed by atoms with van der Waals surface area (Å²) in [5, 5.41) is 12.3. The minimum Gasteiger partial charge on any atom is -0.343 e. The summed E-state index contributed by atoms with van der Waals surface area (Å²) in [7, 11) is 0. The van der Waals surface area contributed by atoms with Crippen LogP contribution in [0.15, 0.2) is 65.0 Å². The molecule has 3 aromatic rings. The van der Waals surface area contributed by atoms with Crippen molar-refractivity contribution in [3.8, 4) is 0 Å². The number of piperazine rings is 1. The van der Waals surface area contributed by atoms with E-state index in [1.165, 1.54) is 23.1 Å². The van der Waals surface area contributed by atoms with E-state index in [-0.39, 0.29) is 23.5 Å². The molecule has 1 N–H and O–H groups in total. The highest BCUT2D eigenvalue weighted by Gasteiger charge is 2.28. The predicted octanol–water partition coefficient (Wildman–Crippen LogP) is 4.11. The number of nitrogens with one attached hydrogen (secondary N) is 1. The van der Waals surface area contributed by atoms with E-state index in [4.69, 9.17) is 0 Å². The number of hydrogen-bond acceptors (Lipinski definition) is 7. The first-order valence-electron chi connectivity index (χ1n) is 11.0. The summed E-state index contributed by atoms with van der Waals surface area (Å²) < 4.78 is 0.766. The average molecular weight is 482 g/mol. The van der Waals surface area contributed by atoms with Crippen LogP contribution in [0, 0.1) is 0 Å². The fourth-order valence-corrected chi connectivity index (χ4v) is 5.50. The van der Waals surface area contributed by atoms with Gasteiger partial charge in [0, 0.05) is 31.9 Å². The van der Waals surface area contributed by atoms with Crippen LogP contribution in [-0.2, 0) is 9.59 Å². The number of hydrogen-bond donors (Lipinski definition) is 1. The van der Waals surface area contributed by atoms with Crippen LogP contribution >= 0.6 is 23.1 Å². The van der Waals surface area contributed by atoms with Gasteiger partial charge in [0.1, 0.15) is 0 Å². The molecule has 0 spiro atoms. The first-order valence-corrected chi connectivity index (χ1v) is 12.8. The largest absolute Gasteiger partial charge is 0.343 e. The molecule has 9 heteroatoms. The van der Waals surface area contributed by atoms with Gasteiger partial charge in [-0.3, -0.25) is 9.59 Å². The number of benzene rings is 2. The Morgan fingerprint density at radius 1 is 1.00 bits per heavy atom. The fourth-order valence-electron chi connectivity index (χ4n) is 3.81. The molecule has 1 atom stereocenters. The summed E-state index contributed by atoms with van der Waals surface area (Å²) >= 11 is 2.87. The van der Waals surface area contributed by atoms with Crippen LogP contribution in [0.4, 0.5) is 10.8 Å². The third-order valence-corrected chi connectivity index (χ3v) is 7.67. The number of thioether (sulfide) groups is 1. The van der Waals surface area contributed by atoms with E-state index in [9.17, 15) is 9.59 Å². The molecule has 172 valence electrons. The van der Waals surface area contributed by atoms with Gasteiger partial charge in [-0.25, -0.2) is 0 Å². The predicted molar refractivity (Wildman–Crippen MR) is 134 cm³/mol. The lowest BCUT2D eigenvalue weighted by atomic mass is 9.95. The molecule has 1 aliphatic heterocycles. The highest BCUT2D eigenvalue weighted by molar-refractivity contribution is 8.01. The smallest absolute Gasteiger partial charge is 0.234 e. The van der Waals surface area contributed by atoms with Crippen molar-refractivity contribution < 1.29 is 9.59 Å². The van der Waals surface area contributed by atoms with Crippen molar-refractivity contribution in [2.75, 3.05) is 42.1 Å². The molecule has 2 aromatic carbocycles. The number of anilines is 2. The lowest BCUT2D eigenvalue weighted by Gasteiger charge is -2.36. The maximum Gasteiger partial charge on any atom is 0.234 e. The molecule has 2 amide bonds. The van der Waals surface area contributed by atoms with Crippen LogP contribution in [-0.4, -0.2) is 58.8 Å². The lowest BCUT2D eigenvalue weighted by molar-refractivity contribution is -0.133. The molecule has 7 nitrogen and oxygen atoms in total. The summed E-state index contributed by atoms with van der Waals surface area (Å²) in [5.41, 5.74) is 1.86. The summed E-state index contributed by atoms with van der Waals surface area (Å²) in [6.45, 7) is 4.86. The molecule has 1 aromatic heterocycles.